The Morgan fingerprint density at radius 1 is 0.926 bits per heavy atom. The van der Waals surface area contributed by atoms with Gasteiger partial charge in [0.1, 0.15) is 19.0 Å². The molecule has 1 heterocycles. The summed E-state index contributed by atoms with van der Waals surface area (Å²) in [5.41, 5.74) is -0.766. The molecule has 8 heteroatoms. The number of aromatic hydroxyl groups is 1. The number of benzene rings is 2. The number of halogens is 3. The van der Waals surface area contributed by atoms with Gasteiger partial charge < -0.3 is 14.6 Å². The van der Waals surface area contributed by atoms with Crippen molar-refractivity contribution >= 4 is 11.6 Å². The molecule has 27 heavy (non-hydrogen) atoms. The lowest BCUT2D eigenvalue weighted by molar-refractivity contribution is -0.137. The number of ketones is 2. The highest BCUT2D eigenvalue weighted by molar-refractivity contribution is 6.03. The summed E-state index contributed by atoms with van der Waals surface area (Å²) in [4.78, 5) is 24.4. The molecule has 1 aliphatic heterocycles. The van der Waals surface area contributed by atoms with Crippen LogP contribution >= 0.6 is 0 Å². The van der Waals surface area contributed by atoms with E-state index in [2.05, 4.69) is 0 Å². The summed E-state index contributed by atoms with van der Waals surface area (Å²) in [6.45, 7) is 0.652. The molecule has 0 spiro atoms. The van der Waals surface area contributed by atoms with Crippen molar-refractivity contribution in [3.8, 4) is 17.2 Å². The predicted molar refractivity (Wildman–Crippen MR) is 88.4 cm³/mol. The Morgan fingerprint density at radius 3 is 2.07 bits per heavy atom. The van der Waals surface area contributed by atoms with E-state index in [9.17, 15) is 27.9 Å². The van der Waals surface area contributed by atoms with Crippen LogP contribution in [0.2, 0.25) is 0 Å². The number of hydrogen-bond acceptors (Lipinski definition) is 5. The summed E-state index contributed by atoms with van der Waals surface area (Å²) in [5.74, 6) is -0.572. The SMILES string of the molecule is O=C(CCC(=O)c1cc2c(cc1O)OCCO2)c1ccc(C(F)(F)F)cc1. The quantitative estimate of drug-likeness (QED) is 0.793. The molecule has 142 valence electrons. The fourth-order valence-electron chi connectivity index (χ4n) is 2.65. The molecule has 0 bridgehead atoms. The van der Waals surface area contributed by atoms with E-state index in [0.717, 1.165) is 24.3 Å². The molecule has 0 radical (unpaired) electrons. The lowest BCUT2D eigenvalue weighted by Crippen LogP contribution is -2.16. The lowest BCUT2D eigenvalue weighted by Gasteiger charge is -2.19. The second kappa shape index (κ2) is 7.30. The van der Waals surface area contributed by atoms with E-state index in [1.807, 2.05) is 0 Å². The molecule has 0 amide bonds. The summed E-state index contributed by atoms with van der Waals surface area (Å²) in [5, 5.41) is 9.98. The van der Waals surface area contributed by atoms with Gasteiger partial charge in [0.25, 0.3) is 0 Å². The zero-order valence-electron chi connectivity index (χ0n) is 14.0. The van der Waals surface area contributed by atoms with Crippen LogP contribution < -0.4 is 9.47 Å². The predicted octanol–water partition coefficient (Wildman–Crippen LogP) is 4.03. The maximum atomic E-state index is 12.5. The van der Waals surface area contributed by atoms with Crippen molar-refractivity contribution in [1.29, 1.82) is 0 Å². The minimum atomic E-state index is -4.48. The molecule has 0 saturated carbocycles. The maximum absolute atomic E-state index is 12.5. The molecule has 0 aromatic heterocycles. The molecule has 0 unspecified atom stereocenters. The van der Waals surface area contributed by atoms with Crippen molar-refractivity contribution in [3.63, 3.8) is 0 Å². The third kappa shape index (κ3) is 4.21. The van der Waals surface area contributed by atoms with Crippen molar-refractivity contribution < 1.29 is 37.3 Å². The molecule has 0 atom stereocenters. The molecule has 0 fully saturated rings. The topological polar surface area (TPSA) is 72.8 Å². The smallest absolute Gasteiger partial charge is 0.416 e. The average molecular weight is 380 g/mol. The molecule has 5 nitrogen and oxygen atoms in total. The van der Waals surface area contributed by atoms with Gasteiger partial charge >= 0.3 is 6.18 Å². The van der Waals surface area contributed by atoms with Crippen LogP contribution in [0.25, 0.3) is 0 Å². The first kappa shape index (κ1) is 18.8. The maximum Gasteiger partial charge on any atom is 0.416 e. The van der Waals surface area contributed by atoms with Crippen LogP contribution in [0.4, 0.5) is 13.2 Å². The number of carbonyl (C=O) groups excluding carboxylic acids is 2. The molecule has 2 aromatic carbocycles. The largest absolute Gasteiger partial charge is 0.507 e. The number of fused-ring (bicyclic) bond motifs is 1. The molecule has 3 rings (SSSR count). The van der Waals surface area contributed by atoms with E-state index in [4.69, 9.17) is 9.47 Å². The normalized spacial score (nSPS) is 13.3. The molecule has 0 saturated heterocycles. The van der Waals surface area contributed by atoms with Crippen molar-refractivity contribution in [2.45, 2.75) is 19.0 Å². The monoisotopic (exact) mass is 380 g/mol. The van der Waals surface area contributed by atoms with Gasteiger partial charge in [-0.1, -0.05) is 12.1 Å². The van der Waals surface area contributed by atoms with Crippen LogP contribution in [0, 0.1) is 0 Å². The number of rotatable bonds is 5. The molecular formula is C19H15F3O5. The van der Waals surface area contributed by atoms with Crippen molar-refractivity contribution in [2.24, 2.45) is 0 Å². The van der Waals surface area contributed by atoms with Gasteiger partial charge in [-0.2, -0.15) is 13.2 Å². The summed E-state index contributed by atoms with van der Waals surface area (Å²) >= 11 is 0. The number of hydrogen-bond donors (Lipinski definition) is 1. The van der Waals surface area contributed by atoms with Crippen LogP contribution in [0.3, 0.4) is 0 Å². The molecule has 2 aromatic rings. The highest BCUT2D eigenvalue weighted by atomic mass is 19.4. The Balaban J connectivity index is 1.66. The minimum absolute atomic E-state index is 0.000491. The Morgan fingerprint density at radius 2 is 1.48 bits per heavy atom. The van der Waals surface area contributed by atoms with E-state index in [1.54, 1.807) is 0 Å². The average Bonchev–Trinajstić information content (AvgIpc) is 2.64. The third-order valence-corrected chi connectivity index (χ3v) is 4.07. The minimum Gasteiger partial charge on any atom is -0.507 e. The van der Waals surface area contributed by atoms with Crippen LogP contribution in [0.1, 0.15) is 39.1 Å². The Labute approximate surface area is 152 Å². The third-order valence-electron chi connectivity index (χ3n) is 4.07. The fraction of sp³-hybridized carbons (Fsp3) is 0.263. The van der Waals surface area contributed by atoms with Crippen molar-refractivity contribution in [2.75, 3.05) is 13.2 Å². The summed E-state index contributed by atoms with van der Waals surface area (Å²) in [6.07, 6.45) is -4.88. The molecule has 0 aliphatic carbocycles. The fourth-order valence-corrected chi connectivity index (χ4v) is 2.65. The van der Waals surface area contributed by atoms with Gasteiger partial charge in [-0.05, 0) is 18.2 Å². The van der Waals surface area contributed by atoms with Gasteiger partial charge in [0, 0.05) is 24.5 Å². The van der Waals surface area contributed by atoms with Crippen LogP contribution in [0.15, 0.2) is 36.4 Å². The second-order valence-corrected chi connectivity index (χ2v) is 5.93. The van der Waals surface area contributed by atoms with E-state index in [1.165, 1.54) is 12.1 Å². The number of Topliss-reactive ketones (excluding diaryl/α,β-unsaturated/α-hetero) is 2. The number of carbonyl (C=O) groups is 2. The first-order valence-corrected chi connectivity index (χ1v) is 8.12. The van der Waals surface area contributed by atoms with E-state index in [0.29, 0.717) is 24.7 Å². The molecule has 1 aliphatic rings. The van der Waals surface area contributed by atoms with E-state index in [-0.39, 0.29) is 29.7 Å². The lowest BCUT2D eigenvalue weighted by atomic mass is 10.00. The van der Waals surface area contributed by atoms with Gasteiger partial charge in [0.05, 0.1) is 11.1 Å². The molecule has 1 N–H and O–H groups in total. The van der Waals surface area contributed by atoms with Crippen molar-refractivity contribution in [3.05, 3.63) is 53.1 Å². The number of phenols is 1. The van der Waals surface area contributed by atoms with E-state index < -0.39 is 23.3 Å². The standard InChI is InChI=1S/C19H15F3O5/c20-19(21,22)12-3-1-11(2-4-12)14(23)5-6-15(24)13-9-17-18(10-16(13)25)27-8-7-26-17/h1-4,9-10,25H,5-8H2. The Hall–Kier alpha value is -3.03. The molecular weight excluding hydrogens is 365 g/mol. The number of ether oxygens (including phenoxy) is 2. The summed E-state index contributed by atoms with van der Waals surface area (Å²) < 4.78 is 48.3. The number of phenolic OH excluding ortho intramolecular Hbond substituents is 1. The zero-order chi connectivity index (χ0) is 19.6. The van der Waals surface area contributed by atoms with E-state index >= 15 is 0 Å². The van der Waals surface area contributed by atoms with Crippen LogP contribution in [0.5, 0.6) is 17.2 Å². The zero-order valence-corrected chi connectivity index (χ0v) is 14.0. The first-order chi connectivity index (χ1) is 12.8. The van der Waals surface area contributed by atoms with Gasteiger partial charge in [0.15, 0.2) is 23.1 Å². The second-order valence-electron chi connectivity index (χ2n) is 5.93. The van der Waals surface area contributed by atoms with Gasteiger partial charge in [0.2, 0.25) is 0 Å². The summed E-state index contributed by atoms with van der Waals surface area (Å²) in [6, 6.07) is 6.44. The Kier molecular flexibility index (Phi) is 5.07. The first-order valence-electron chi connectivity index (χ1n) is 8.12. The van der Waals surface area contributed by atoms with Gasteiger partial charge in [-0.3, -0.25) is 9.59 Å². The van der Waals surface area contributed by atoms with Crippen molar-refractivity contribution in [1.82, 2.24) is 0 Å². The summed E-state index contributed by atoms with van der Waals surface area (Å²) in [7, 11) is 0. The highest BCUT2D eigenvalue weighted by Crippen LogP contribution is 2.36. The highest BCUT2D eigenvalue weighted by Gasteiger charge is 2.30. The van der Waals surface area contributed by atoms with Gasteiger partial charge in [-0.15, -0.1) is 0 Å². The Bertz CT molecular complexity index is 872. The van der Waals surface area contributed by atoms with Gasteiger partial charge in [-0.25, -0.2) is 0 Å². The number of alkyl halides is 3. The van der Waals surface area contributed by atoms with Crippen LogP contribution in [-0.4, -0.2) is 29.9 Å². The van der Waals surface area contributed by atoms with Crippen LogP contribution in [-0.2, 0) is 6.18 Å².